The van der Waals surface area contributed by atoms with E-state index >= 15 is 0 Å². The van der Waals surface area contributed by atoms with Crippen molar-refractivity contribution in [1.29, 1.82) is 0 Å². The molecule has 0 spiro atoms. The van der Waals surface area contributed by atoms with Crippen molar-refractivity contribution >= 4 is 11.1 Å². The zero-order valence-electron chi connectivity index (χ0n) is 14.2. The summed E-state index contributed by atoms with van der Waals surface area (Å²) in [5, 5.41) is 0. The molecule has 0 unspecified atom stereocenters. The van der Waals surface area contributed by atoms with Gasteiger partial charge in [0.05, 0.1) is 0 Å². The number of fused-ring (bicyclic) bond motifs is 6. The molecule has 120 valence electrons. The summed E-state index contributed by atoms with van der Waals surface area (Å²) in [6.45, 7) is 0. The second kappa shape index (κ2) is 5.89. The highest BCUT2D eigenvalue weighted by atomic mass is 14.3. The predicted molar refractivity (Wildman–Crippen MR) is 106 cm³/mol. The van der Waals surface area contributed by atoms with E-state index in [-0.39, 0.29) is 0 Å². The second-order valence-corrected chi connectivity index (χ2v) is 6.87. The quantitative estimate of drug-likeness (QED) is 0.346. The lowest BCUT2D eigenvalue weighted by Gasteiger charge is -2.28. The number of allylic oxidation sites excluding steroid dienone is 4. The minimum atomic E-state index is 1.10. The molecule has 3 aliphatic rings. The Hall–Kier alpha value is -2.86. The Morgan fingerprint density at radius 2 is 1.12 bits per heavy atom. The first-order chi connectivity index (χ1) is 12.4. The van der Waals surface area contributed by atoms with Gasteiger partial charge < -0.3 is 0 Å². The summed E-state index contributed by atoms with van der Waals surface area (Å²) in [6, 6.07) is 26.0. The van der Waals surface area contributed by atoms with Crippen LogP contribution in [-0.2, 0) is 6.42 Å². The van der Waals surface area contributed by atoms with Gasteiger partial charge in [-0.25, -0.2) is 0 Å². The van der Waals surface area contributed by atoms with E-state index < -0.39 is 0 Å². The molecule has 0 saturated heterocycles. The van der Waals surface area contributed by atoms with Crippen LogP contribution in [0.2, 0.25) is 0 Å². The van der Waals surface area contributed by atoms with Crippen LogP contribution in [0.3, 0.4) is 0 Å². The minimum absolute atomic E-state index is 1.10. The van der Waals surface area contributed by atoms with Crippen molar-refractivity contribution in [3.63, 3.8) is 0 Å². The fourth-order valence-electron chi connectivity index (χ4n) is 4.19. The lowest BCUT2D eigenvalue weighted by Crippen LogP contribution is -2.06. The van der Waals surface area contributed by atoms with E-state index in [1.807, 2.05) is 0 Å². The Balaban J connectivity index is 0.000000112. The van der Waals surface area contributed by atoms with Crippen molar-refractivity contribution in [1.82, 2.24) is 0 Å². The molecule has 0 bridgehead atoms. The third kappa shape index (κ3) is 2.37. The van der Waals surface area contributed by atoms with Crippen LogP contribution < -0.4 is 0 Å². The Morgan fingerprint density at radius 1 is 0.560 bits per heavy atom. The van der Waals surface area contributed by atoms with Gasteiger partial charge in [0.15, 0.2) is 0 Å². The monoisotopic (exact) mass is 320 g/mol. The normalized spacial score (nSPS) is 15.2. The molecule has 0 saturated carbocycles. The summed E-state index contributed by atoms with van der Waals surface area (Å²) in [5.74, 6) is 0. The molecule has 0 nitrogen and oxygen atoms in total. The van der Waals surface area contributed by atoms with Crippen LogP contribution in [0.1, 0.15) is 35.1 Å². The zero-order valence-corrected chi connectivity index (χ0v) is 14.2. The van der Waals surface area contributed by atoms with Gasteiger partial charge in [-0.15, -0.1) is 0 Å². The Morgan fingerprint density at radius 3 is 1.80 bits per heavy atom. The molecule has 0 aromatic heterocycles. The number of benzene rings is 3. The van der Waals surface area contributed by atoms with Crippen LogP contribution in [0.15, 0.2) is 84.9 Å². The molecule has 0 amide bonds. The fourth-order valence-corrected chi connectivity index (χ4v) is 4.19. The van der Waals surface area contributed by atoms with Gasteiger partial charge in [0.2, 0.25) is 0 Å². The first kappa shape index (κ1) is 14.5. The average molecular weight is 320 g/mol. The van der Waals surface area contributed by atoms with E-state index in [2.05, 4.69) is 84.9 Å². The zero-order chi connectivity index (χ0) is 16.6. The number of rotatable bonds is 0. The van der Waals surface area contributed by atoms with E-state index in [1.54, 1.807) is 5.57 Å². The average Bonchev–Trinajstić information content (AvgIpc) is 3.05. The summed E-state index contributed by atoms with van der Waals surface area (Å²) in [4.78, 5) is 0. The van der Waals surface area contributed by atoms with Gasteiger partial charge >= 0.3 is 0 Å². The molecule has 3 aromatic carbocycles. The first-order valence-electron chi connectivity index (χ1n) is 9.07. The fraction of sp³-hybridized carbons (Fsp3) is 0.120. The van der Waals surface area contributed by atoms with Gasteiger partial charge in [-0.1, -0.05) is 84.9 Å². The molecule has 0 aliphatic heterocycles. The molecular formula is C25H20. The molecule has 0 N–H and O–H groups in total. The lowest BCUT2D eigenvalue weighted by molar-refractivity contribution is 1.04. The van der Waals surface area contributed by atoms with Crippen LogP contribution in [0.5, 0.6) is 0 Å². The second-order valence-electron chi connectivity index (χ2n) is 6.87. The maximum Gasteiger partial charge on any atom is -0.00135 e. The van der Waals surface area contributed by atoms with Crippen LogP contribution >= 0.6 is 0 Å². The maximum absolute atomic E-state index is 2.27. The van der Waals surface area contributed by atoms with Gasteiger partial charge in [-0.2, -0.15) is 0 Å². The standard InChI is InChI=1S/C13H10.C12H10/c1-3-7-12-10(5-1)9-11-6-2-4-8-13(11)12;1-2-6-10-9(5-1)11-7-3-4-8-12(10)11/h1-8H,9H2;1-3,5-7H,4,8H2. The van der Waals surface area contributed by atoms with E-state index in [4.69, 9.17) is 0 Å². The van der Waals surface area contributed by atoms with E-state index in [0.29, 0.717) is 0 Å². The van der Waals surface area contributed by atoms with Gasteiger partial charge in [0, 0.05) is 0 Å². The predicted octanol–water partition coefficient (Wildman–Crippen LogP) is 6.52. The maximum atomic E-state index is 2.27. The summed E-state index contributed by atoms with van der Waals surface area (Å²) in [6.07, 6.45) is 8.10. The minimum Gasteiger partial charge on any atom is -0.0836 e. The highest BCUT2D eigenvalue weighted by molar-refractivity contribution is 6.08. The number of hydrogen-bond donors (Lipinski definition) is 0. The molecule has 25 heavy (non-hydrogen) atoms. The van der Waals surface area contributed by atoms with Crippen molar-refractivity contribution in [3.05, 3.63) is 107 Å². The molecule has 0 atom stereocenters. The van der Waals surface area contributed by atoms with Crippen LogP contribution in [0.4, 0.5) is 0 Å². The highest BCUT2D eigenvalue weighted by Gasteiger charge is 2.23. The Kier molecular flexibility index (Phi) is 3.41. The van der Waals surface area contributed by atoms with Gasteiger partial charge in [-0.3, -0.25) is 0 Å². The molecule has 0 heteroatoms. The highest BCUT2D eigenvalue weighted by Crippen LogP contribution is 2.45. The third-order valence-electron chi connectivity index (χ3n) is 5.42. The smallest absolute Gasteiger partial charge is 0.00135 e. The molecule has 6 rings (SSSR count). The number of hydrogen-bond acceptors (Lipinski definition) is 0. The molecule has 0 heterocycles. The van der Waals surface area contributed by atoms with Crippen molar-refractivity contribution in [2.45, 2.75) is 19.3 Å². The first-order valence-corrected chi connectivity index (χ1v) is 9.07. The van der Waals surface area contributed by atoms with E-state index in [0.717, 1.165) is 6.42 Å². The van der Waals surface area contributed by atoms with Crippen molar-refractivity contribution in [2.75, 3.05) is 0 Å². The van der Waals surface area contributed by atoms with Crippen molar-refractivity contribution < 1.29 is 0 Å². The summed E-state index contributed by atoms with van der Waals surface area (Å²) in [7, 11) is 0. The van der Waals surface area contributed by atoms with Crippen LogP contribution in [0, 0.1) is 0 Å². The molecule has 0 radical (unpaired) electrons. The largest absolute Gasteiger partial charge is 0.0836 e. The van der Waals surface area contributed by atoms with Crippen LogP contribution in [-0.4, -0.2) is 0 Å². The van der Waals surface area contributed by atoms with E-state index in [9.17, 15) is 0 Å². The Bertz CT molecular complexity index is 974. The molecule has 0 fully saturated rings. The SMILES string of the molecule is C1=CC2=C(CC1)c1ccccc12.c1ccc2c(c1)Cc1ccccc1-2. The molecular weight excluding hydrogens is 300 g/mol. The Labute approximate surface area is 149 Å². The lowest BCUT2D eigenvalue weighted by atomic mass is 9.76. The molecule has 3 aliphatic carbocycles. The van der Waals surface area contributed by atoms with Crippen molar-refractivity contribution in [3.8, 4) is 11.1 Å². The summed E-state index contributed by atoms with van der Waals surface area (Å²) >= 11 is 0. The van der Waals surface area contributed by atoms with Gasteiger partial charge in [0.1, 0.15) is 0 Å². The summed E-state index contributed by atoms with van der Waals surface area (Å²) in [5.41, 5.74) is 11.7. The van der Waals surface area contributed by atoms with E-state index in [1.165, 1.54) is 51.8 Å². The molecule has 3 aromatic rings. The van der Waals surface area contributed by atoms with Gasteiger partial charge in [-0.05, 0) is 63.8 Å². The third-order valence-corrected chi connectivity index (χ3v) is 5.42. The van der Waals surface area contributed by atoms with Crippen LogP contribution in [0.25, 0.3) is 22.3 Å². The topological polar surface area (TPSA) is 0 Å². The van der Waals surface area contributed by atoms with Gasteiger partial charge in [0.25, 0.3) is 0 Å². The van der Waals surface area contributed by atoms with Crippen molar-refractivity contribution in [2.24, 2.45) is 0 Å². The summed E-state index contributed by atoms with van der Waals surface area (Å²) < 4.78 is 0.